The number of rotatable bonds is 4. The van der Waals surface area contributed by atoms with Crippen molar-refractivity contribution in [2.24, 2.45) is 0 Å². The van der Waals surface area contributed by atoms with Crippen LogP contribution in [0.25, 0.3) is 0 Å². The smallest absolute Gasteiger partial charge is 0.128 e. The molecule has 0 radical (unpaired) electrons. The monoisotopic (exact) mass is 369 g/mol. The van der Waals surface area contributed by atoms with Gasteiger partial charge in [-0.15, -0.1) is 0 Å². The average molecular weight is 369 g/mol. The third kappa shape index (κ3) is 3.34. The summed E-state index contributed by atoms with van der Waals surface area (Å²) in [5, 5.41) is 3.38. The predicted octanol–water partition coefficient (Wildman–Crippen LogP) is 4.44. The van der Waals surface area contributed by atoms with Gasteiger partial charge in [0, 0.05) is 9.13 Å². The molecule has 0 saturated carbocycles. The molecule has 2 rings (SSSR count). The summed E-state index contributed by atoms with van der Waals surface area (Å²) in [6.45, 7) is 4.82. The zero-order valence-corrected chi connectivity index (χ0v) is 13.2. The van der Waals surface area contributed by atoms with Crippen molar-refractivity contribution in [3.05, 3.63) is 68.5 Å². The lowest BCUT2D eigenvalue weighted by Gasteiger charge is -2.21. The van der Waals surface area contributed by atoms with E-state index >= 15 is 0 Å². The Kier molecular flexibility index (Phi) is 4.93. The number of halogens is 2. The number of hydrogen-bond donors (Lipinski definition) is 1. The fourth-order valence-electron chi connectivity index (χ4n) is 2.19. The van der Waals surface area contributed by atoms with E-state index in [1.807, 2.05) is 38.1 Å². The topological polar surface area (TPSA) is 12.0 Å². The molecule has 2 aromatic rings. The maximum Gasteiger partial charge on any atom is 0.128 e. The van der Waals surface area contributed by atoms with Gasteiger partial charge in [0.2, 0.25) is 0 Å². The summed E-state index contributed by atoms with van der Waals surface area (Å²) in [5.74, 6) is -0.156. The highest BCUT2D eigenvalue weighted by atomic mass is 127. The van der Waals surface area contributed by atoms with E-state index in [9.17, 15) is 4.39 Å². The molecule has 0 fully saturated rings. The van der Waals surface area contributed by atoms with Crippen molar-refractivity contribution in [3.63, 3.8) is 0 Å². The van der Waals surface area contributed by atoms with Crippen molar-refractivity contribution in [3.8, 4) is 0 Å². The van der Waals surface area contributed by atoms with E-state index in [-0.39, 0.29) is 11.9 Å². The Morgan fingerprint density at radius 1 is 1.16 bits per heavy atom. The minimum absolute atomic E-state index is 0.0991. The number of nitrogens with one attached hydrogen (secondary N) is 1. The van der Waals surface area contributed by atoms with E-state index in [1.54, 1.807) is 12.1 Å². The lowest BCUT2D eigenvalue weighted by molar-refractivity contribution is 0.557. The first kappa shape index (κ1) is 14.5. The minimum atomic E-state index is -0.156. The molecule has 1 unspecified atom stereocenters. The second-order valence-electron chi connectivity index (χ2n) is 4.54. The Morgan fingerprint density at radius 2 is 1.89 bits per heavy atom. The lowest BCUT2D eigenvalue weighted by atomic mass is 9.97. The van der Waals surface area contributed by atoms with Crippen molar-refractivity contribution in [1.29, 1.82) is 0 Å². The molecule has 1 nitrogen and oxygen atoms in total. The highest BCUT2D eigenvalue weighted by Gasteiger charge is 2.18. The van der Waals surface area contributed by atoms with E-state index in [4.69, 9.17) is 0 Å². The molecule has 0 aromatic heterocycles. The van der Waals surface area contributed by atoms with E-state index < -0.39 is 0 Å². The van der Waals surface area contributed by atoms with Gasteiger partial charge in [-0.05, 0) is 53.8 Å². The van der Waals surface area contributed by atoms with Crippen LogP contribution in [0.4, 0.5) is 4.39 Å². The van der Waals surface area contributed by atoms with Gasteiger partial charge in [0.25, 0.3) is 0 Å². The van der Waals surface area contributed by atoms with Crippen LogP contribution in [-0.2, 0) is 0 Å². The molecule has 0 saturated heterocycles. The molecule has 0 aliphatic carbocycles. The third-order valence-electron chi connectivity index (χ3n) is 3.09. The molecule has 19 heavy (non-hydrogen) atoms. The number of benzene rings is 2. The minimum Gasteiger partial charge on any atom is -0.306 e. The molecule has 0 heterocycles. The van der Waals surface area contributed by atoms with Crippen LogP contribution < -0.4 is 5.32 Å². The van der Waals surface area contributed by atoms with Gasteiger partial charge in [-0.2, -0.15) is 0 Å². The van der Waals surface area contributed by atoms with Gasteiger partial charge >= 0.3 is 0 Å². The Morgan fingerprint density at radius 3 is 2.58 bits per heavy atom. The molecule has 0 bridgehead atoms. The summed E-state index contributed by atoms with van der Waals surface area (Å²) >= 11 is 2.30. The normalized spacial score (nSPS) is 12.4. The van der Waals surface area contributed by atoms with Crippen molar-refractivity contribution >= 4 is 22.6 Å². The molecule has 0 aliphatic rings. The van der Waals surface area contributed by atoms with Gasteiger partial charge in [0.05, 0.1) is 6.04 Å². The quantitative estimate of drug-likeness (QED) is 0.786. The largest absolute Gasteiger partial charge is 0.306 e. The molecule has 1 atom stereocenters. The highest BCUT2D eigenvalue weighted by Crippen LogP contribution is 2.28. The van der Waals surface area contributed by atoms with Crippen LogP contribution in [0.3, 0.4) is 0 Å². The molecule has 0 aliphatic heterocycles. The Labute approximate surface area is 127 Å². The SMILES string of the molecule is CCNC(c1cc(C)ccc1F)c1ccccc1I. The third-order valence-corrected chi connectivity index (χ3v) is 4.07. The van der Waals surface area contributed by atoms with Crippen molar-refractivity contribution < 1.29 is 4.39 Å². The summed E-state index contributed by atoms with van der Waals surface area (Å²) in [4.78, 5) is 0. The van der Waals surface area contributed by atoms with Crippen molar-refractivity contribution in [1.82, 2.24) is 5.32 Å². The first-order valence-electron chi connectivity index (χ1n) is 6.37. The molecule has 3 heteroatoms. The lowest BCUT2D eigenvalue weighted by Crippen LogP contribution is -2.24. The summed E-state index contributed by atoms with van der Waals surface area (Å²) in [5.41, 5.74) is 2.91. The van der Waals surface area contributed by atoms with Gasteiger partial charge in [-0.1, -0.05) is 42.8 Å². The fraction of sp³-hybridized carbons (Fsp3) is 0.250. The summed E-state index contributed by atoms with van der Waals surface area (Å²) in [7, 11) is 0. The number of aryl methyl sites for hydroxylation is 1. The fourth-order valence-corrected chi connectivity index (χ4v) is 2.88. The maximum atomic E-state index is 14.1. The van der Waals surface area contributed by atoms with Crippen LogP contribution in [0.5, 0.6) is 0 Å². The van der Waals surface area contributed by atoms with Gasteiger partial charge < -0.3 is 5.32 Å². The van der Waals surface area contributed by atoms with E-state index in [1.165, 1.54) is 0 Å². The zero-order chi connectivity index (χ0) is 13.8. The Bertz CT molecular complexity index is 568. The molecule has 1 N–H and O–H groups in total. The maximum absolute atomic E-state index is 14.1. The first-order chi connectivity index (χ1) is 9.13. The Hall–Kier alpha value is -0.940. The molecule has 0 amide bonds. The van der Waals surface area contributed by atoms with Crippen LogP contribution in [0.2, 0.25) is 0 Å². The van der Waals surface area contributed by atoms with E-state index in [0.717, 1.165) is 21.2 Å². The molecular weight excluding hydrogens is 352 g/mol. The molecule has 100 valence electrons. The predicted molar refractivity (Wildman–Crippen MR) is 85.8 cm³/mol. The molecule has 2 aromatic carbocycles. The Balaban J connectivity index is 2.51. The van der Waals surface area contributed by atoms with Crippen LogP contribution >= 0.6 is 22.6 Å². The van der Waals surface area contributed by atoms with Crippen molar-refractivity contribution in [2.45, 2.75) is 19.9 Å². The highest BCUT2D eigenvalue weighted by molar-refractivity contribution is 14.1. The standard InChI is InChI=1S/C16H17FIN/c1-3-19-16(12-6-4-5-7-15(12)18)13-10-11(2)8-9-14(13)17/h4-10,16,19H,3H2,1-2H3. The van der Waals surface area contributed by atoms with E-state index in [0.29, 0.717) is 5.56 Å². The average Bonchev–Trinajstić information content (AvgIpc) is 2.40. The van der Waals surface area contributed by atoms with Crippen molar-refractivity contribution in [2.75, 3.05) is 6.54 Å². The van der Waals surface area contributed by atoms with E-state index in [2.05, 4.69) is 34.0 Å². The zero-order valence-electron chi connectivity index (χ0n) is 11.1. The van der Waals surface area contributed by atoms with Gasteiger partial charge in [-0.3, -0.25) is 0 Å². The summed E-state index contributed by atoms with van der Waals surface area (Å²) in [6, 6.07) is 13.3. The molecule has 0 spiro atoms. The number of hydrogen-bond acceptors (Lipinski definition) is 1. The van der Waals surface area contributed by atoms with Crippen LogP contribution in [0.15, 0.2) is 42.5 Å². The van der Waals surface area contributed by atoms with Crippen LogP contribution in [0.1, 0.15) is 29.7 Å². The second-order valence-corrected chi connectivity index (χ2v) is 5.70. The summed E-state index contributed by atoms with van der Waals surface area (Å²) in [6.07, 6.45) is 0. The molecular formula is C16H17FIN. The van der Waals surface area contributed by atoms with Gasteiger partial charge in [0.1, 0.15) is 5.82 Å². The van der Waals surface area contributed by atoms with Gasteiger partial charge in [-0.25, -0.2) is 4.39 Å². The van der Waals surface area contributed by atoms with Crippen LogP contribution in [0, 0.1) is 16.3 Å². The van der Waals surface area contributed by atoms with Crippen LogP contribution in [-0.4, -0.2) is 6.54 Å². The second kappa shape index (κ2) is 6.48. The first-order valence-corrected chi connectivity index (χ1v) is 7.45. The van der Waals surface area contributed by atoms with Gasteiger partial charge in [0.15, 0.2) is 0 Å². The summed E-state index contributed by atoms with van der Waals surface area (Å²) < 4.78 is 15.3.